The molecule has 0 aliphatic heterocycles. The van der Waals surface area contributed by atoms with Crippen molar-refractivity contribution in [2.24, 2.45) is 11.3 Å². The first kappa shape index (κ1) is 23.2. The number of aliphatic hydroxyl groups is 4. The largest absolute Gasteiger partial charge is 0.481 e. The minimum Gasteiger partial charge on any atom is -0.481 e. The summed E-state index contributed by atoms with van der Waals surface area (Å²) in [7, 11) is 0. The first-order valence-corrected chi connectivity index (χ1v) is 7.68. The lowest BCUT2D eigenvalue weighted by Crippen LogP contribution is -2.66. The molecule has 0 aliphatic carbocycles. The van der Waals surface area contributed by atoms with Gasteiger partial charge in [0.15, 0.2) is 5.60 Å². The second-order valence-electron chi connectivity index (χ2n) is 6.54. The maximum absolute atomic E-state index is 12.0. The smallest absolute Gasteiger partial charge is 0.337 e. The van der Waals surface area contributed by atoms with E-state index in [-0.39, 0.29) is 0 Å². The molecule has 10 nitrogen and oxygen atoms in total. The fourth-order valence-electron chi connectivity index (χ4n) is 3.22. The lowest BCUT2D eigenvalue weighted by atomic mass is 9.59. The van der Waals surface area contributed by atoms with E-state index in [0.29, 0.717) is 0 Å². The maximum Gasteiger partial charge on any atom is 0.337 e. The van der Waals surface area contributed by atoms with E-state index in [1.807, 2.05) is 0 Å². The molecule has 0 aliphatic rings. The van der Waals surface area contributed by atoms with Gasteiger partial charge < -0.3 is 35.7 Å². The van der Waals surface area contributed by atoms with Crippen LogP contribution in [0.15, 0.2) is 0 Å². The third kappa shape index (κ3) is 4.88. The number of aliphatic hydroxyl groups excluding tert-OH is 3. The van der Waals surface area contributed by atoms with Crippen LogP contribution in [0.2, 0.25) is 0 Å². The summed E-state index contributed by atoms with van der Waals surface area (Å²) in [5.41, 5.74) is -6.10. The van der Waals surface area contributed by atoms with Gasteiger partial charge in [-0.05, 0) is 40.0 Å². The highest BCUT2D eigenvalue weighted by Crippen LogP contribution is 2.47. The average molecular weight is 366 g/mol. The van der Waals surface area contributed by atoms with Crippen molar-refractivity contribution in [1.29, 1.82) is 0 Å². The van der Waals surface area contributed by atoms with E-state index in [1.165, 1.54) is 0 Å². The van der Waals surface area contributed by atoms with Crippen LogP contribution in [0, 0.1) is 11.3 Å². The van der Waals surface area contributed by atoms with Crippen LogP contribution in [0.5, 0.6) is 0 Å². The summed E-state index contributed by atoms with van der Waals surface area (Å²) in [4.78, 5) is 35.4. The lowest BCUT2D eigenvalue weighted by molar-refractivity contribution is -0.213. The normalized spacial score (nSPS) is 21.2. The van der Waals surface area contributed by atoms with Crippen LogP contribution in [0.4, 0.5) is 0 Å². The molecule has 0 saturated carbocycles. The molecule has 5 atom stereocenters. The number of hydrogen-bond acceptors (Lipinski definition) is 7. The van der Waals surface area contributed by atoms with Gasteiger partial charge in [0.2, 0.25) is 0 Å². The molecular formula is C15H26O10. The maximum atomic E-state index is 12.0. The van der Waals surface area contributed by atoms with E-state index in [1.54, 1.807) is 0 Å². The van der Waals surface area contributed by atoms with Gasteiger partial charge in [0, 0.05) is 0 Å². The van der Waals surface area contributed by atoms with Gasteiger partial charge >= 0.3 is 17.9 Å². The third-order valence-electron chi connectivity index (χ3n) is 4.13. The van der Waals surface area contributed by atoms with Crippen LogP contribution in [-0.2, 0) is 14.4 Å². The highest BCUT2D eigenvalue weighted by atomic mass is 16.4. The topological polar surface area (TPSA) is 193 Å². The molecule has 0 aromatic heterocycles. The van der Waals surface area contributed by atoms with Crippen molar-refractivity contribution in [2.75, 3.05) is 0 Å². The molecule has 0 spiro atoms. The van der Waals surface area contributed by atoms with Gasteiger partial charge in [0.1, 0.15) is 5.41 Å². The van der Waals surface area contributed by atoms with Crippen molar-refractivity contribution < 1.29 is 50.1 Å². The zero-order valence-corrected chi connectivity index (χ0v) is 14.3. The van der Waals surface area contributed by atoms with Gasteiger partial charge in [0.05, 0.1) is 24.2 Å². The van der Waals surface area contributed by atoms with Crippen LogP contribution in [0.1, 0.15) is 40.0 Å². The Morgan fingerprint density at radius 1 is 0.800 bits per heavy atom. The van der Waals surface area contributed by atoms with Crippen LogP contribution in [0.25, 0.3) is 0 Å². The summed E-state index contributed by atoms with van der Waals surface area (Å²) in [6.45, 7) is 3.45. The van der Waals surface area contributed by atoms with E-state index in [0.717, 1.165) is 20.8 Å². The number of aliphatic carboxylic acids is 3. The quantitative estimate of drug-likeness (QED) is 0.236. The fourth-order valence-corrected chi connectivity index (χ4v) is 3.22. The summed E-state index contributed by atoms with van der Waals surface area (Å²) in [6, 6.07) is 0. The molecule has 0 aromatic carbocycles. The Morgan fingerprint density at radius 2 is 1.20 bits per heavy atom. The van der Waals surface area contributed by atoms with Gasteiger partial charge in [-0.1, -0.05) is 0 Å². The summed E-state index contributed by atoms with van der Waals surface area (Å²) in [6.07, 6.45) is -6.56. The zero-order chi connectivity index (χ0) is 20.2. The molecule has 146 valence electrons. The Balaban J connectivity index is 6.70. The minimum absolute atomic E-state index is 0.743. The summed E-state index contributed by atoms with van der Waals surface area (Å²) < 4.78 is 0. The molecule has 0 rings (SSSR count). The number of carbonyl (C=O) groups is 3. The Kier molecular flexibility index (Phi) is 7.97. The van der Waals surface area contributed by atoms with E-state index in [9.17, 15) is 50.1 Å². The molecule has 0 amide bonds. The third-order valence-corrected chi connectivity index (χ3v) is 4.13. The Morgan fingerprint density at radius 3 is 1.40 bits per heavy atom. The van der Waals surface area contributed by atoms with Crippen molar-refractivity contribution in [1.82, 2.24) is 0 Å². The molecule has 0 heterocycles. The van der Waals surface area contributed by atoms with Gasteiger partial charge in [0.25, 0.3) is 0 Å². The van der Waals surface area contributed by atoms with Crippen LogP contribution >= 0.6 is 0 Å². The SMILES string of the molecule is CC(O)CC(C(=O)O)C(O)(C(=O)O)C(CC(C)O)(CC(C)O)C(=O)O. The molecule has 0 fully saturated rings. The van der Waals surface area contributed by atoms with E-state index >= 15 is 0 Å². The van der Waals surface area contributed by atoms with Crippen LogP contribution < -0.4 is 0 Å². The van der Waals surface area contributed by atoms with Crippen LogP contribution in [0.3, 0.4) is 0 Å². The molecule has 0 radical (unpaired) electrons. The summed E-state index contributed by atoms with van der Waals surface area (Å²) in [5.74, 6) is -8.04. The Labute approximate surface area is 144 Å². The van der Waals surface area contributed by atoms with Crippen LogP contribution in [-0.4, -0.2) is 77.6 Å². The predicted octanol–water partition coefficient (Wildman–Crippen LogP) is -1.11. The Bertz CT molecular complexity index is 489. The number of carboxylic acid groups (broad SMARTS) is 3. The number of carboxylic acids is 3. The van der Waals surface area contributed by atoms with E-state index < -0.39 is 72.4 Å². The molecule has 5 unspecified atom stereocenters. The molecule has 25 heavy (non-hydrogen) atoms. The monoisotopic (exact) mass is 366 g/mol. The first-order chi connectivity index (χ1) is 11.2. The molecular weight excluding hydrogens is 340 g/mol. The molecule has 7 N–H and O–H groups in total. The van der Waals surface area contributed by atoms with Gasteiger partial charge in [-0.25, -0.2) is 4.79 Å². The standard InChI is InChI=1S/C15H26O10/c1-7(16)4-10(11(19)20)15(25,13(23)24)14(12(21)22,5-8(2)17)6-9(3)18/h7-10,16-18,25H,4-6H2,1-3H3,(H,19,20)(H,21,22)(H,23,24). The van der Waals surface area contributed by atoms with Gasteiger partial charge in [-0.2, -0.15) is 0 Å². The summed E-state index contributed by atoms with van der Waals surface area (Å²) >= 11 is 0. The van der Waals surface area contributed by atoms with Gasteiger partial charge in [-0.3, -0.25) is 9.59 Å². The second-order valence-corrected chi connectivity index (χ2v) is 6.54. The van der Waals surface area contributed by atoms with Crippen molar-refractivity contribution >= 4 is 17.9 Å². The van der Waals surface area contributed by atoms with Crippen molar-refractivity contribution in [2.45, 2.75) is 63.9 Å². The lowest BCUT2D eigenvalue weighted by Gasteiger charge is -2.45. The fraction of sp³-hybridized carbons (Fsp3) is 0.800. The summed E-state index contributed by atoms with van der Waals surface area (Å²) in [5, 5.41) is 68.2. The first-order valence-electron chi connectivity index (χ1n) is 7.68. The highest BCUT2D eigenvalue weighted by molar-refractivity contribution is 5.93. The highest BCUT2D eigenvalue weighted by Gasteiger charge is 2.66. The van der Waals surface area contributed by atoms with E-state index in [2.05, 4.69) is 0 Å². The predicted molar refractivity (Wildman–Crippen MR) is 82.7 cm³/mol. The van der Waals surface area contributed by atoms with Crippen molar-refractivity contribution in [3.05, 3.63) is 0 Å². The minimum atomic E-state index is -3.39. The second kappa shape index (κ2) is 8.56. The average Bonchev–Trinajstić information content (AvgIpc) is 2.40. The molecule has 10 heteroatoms. The molecule has 0 saturated heterocycles. The van der Waals surface area contributed by atoms with E-state index in [4.69, 9.17) is 0 Å². The number of hydrogen-bond donors (Lipinski definition) is 7. The van der Waals surface area contributed by atoms with Gasteiger partial charge in [-0.15, -0.1) is 0 Å². The van der Waals surface area contributed by atoms with Crippen molar-refractivity contribution in [3.8, 4) is 0 Å². The number of rotatable bonds is 11. The molecule has 0 aromatic rings. The zero-order valence-electron chi connectivity index (χ0n) is 14.3. The van der Waals surface area contributed by atoms with Crippen molar-refractivity contribution in [3.63, 3.8) is 0 Å². The molecule has 0 bridgehead atoms. The Hall–Kier alpha value is -1.75.